The van der Waals surface area contributed by atoms with Gasteiger partial charge in [-0.3, -0.25) is 0 Å². The van der Waals surface area contributed by atoms with E-state index in [1.165, 1.54) is 0 Å². The lowest BCUT2D eigenvalue weighted by atomic mass is 9.41. The number of rotatable bonds is 1. The summed E-state index contributed by atoms with van der Waals surface area (Å²) in [4.78, 5) is 0. The van der Waals surface area contributed by atoms with Crippen LogP contribution in [0.2, 0.25) is 0 Å². The molecule has 0 aromatic carbocycles. The lowest BCUT2D eigenvalue weighted by Crippen LogP contribution is -2.63. The normalized spacial score (nSPS) is 58.9. The van der Waals surface area contributed by atoms with Crippen LogP contribution in [0.3, 0.4) is 0 Å². The van der Waals surface area contributed by atoms with Gasteiger partial charge in [0.1, 0.15) is 0 Å². The molecule has 2 bridgehead atoms. The molecule has 3 aliphatic carbocycles. The van der Waals surface area contributed by atoms with Crippen LogP contribution in [0.1, 0.15) is 66.2 Å². The average molecular weight is 338 g/mol. The van der Waals surface area contributed by atoms with E-state index in [1.807, 2.05) is 0 Å². The molecule has 3 N–H and O–H groups in total. The van der Waals surface area contributed by atoms with Gasteiger partial charge >= 0.3 is 0 Å². The second kappa shape index (κ2) is 4.97. The number of hydrogen-bond donors (Lipinski definition) is 3. The van der Waals surface area contributed by atoms with Crippen molar-refractivity contribution in [3.63, 3.8) is 0 Å². The fourth-order valence-electron chi connectivity index (χ4n) is 7.48. The van der Waals surface area contributed by atoms with Gasteiger partial charge in [0.05, 0.1) is 30.5 Å². The van der Waals surface area contributed by atoms with Gasteiger partial charge in [-0.05, 0) is 61.2 Å². The van der Waals surface area contributed by atoms with Crippen molar-refractivity contribution < 1.29 is 20.1 Å². The van der Waals surface area contributed by atoms with Crippen molar-refractivity contribution in [1.29, 1.82) is 0 Å². The molecule has 1 aliphatic heterocycles. The summed E-state index contributed by atoms with van der Waals surface area (Å²) in [5.41, 5.74) is -0.508. The van der Waals surface area contributed by atoms with Gasteiger partial charge in [0.25, 0.3) is 0 Å². The third-order valence-electron chi connectivity index (χ3n) is 8.98. The zero-order valence-corrected chi connectivity index (χ0v) is 15.6. The van der Waals surface area contributed by atoms with E-state index >= 15 is 0 Å². The zero-order valence-electron chi connectivity index (χ0n) is 15.6. The van der Waals surface area contributed by atoms with Crippen molar-refractivity contribution in [3.8, 4) is 0 Å². The Labute approximate surface area is 145 Å². The zero-order chi connectivity index (χ0) is 17.5. The molecule has 1 heterocycles. The first-order valence-corrected chi connectivity index (χ1v) is 9.75. The summed E-state index contributed by atoms with van der Waals surface area (Å²) in [6, 6.07) is 0. The highest BCUT2D eigenvalue weighted by atomic mass is 16.5. The molecule has 3 saturated carbocycles. The number of hydrogen-bond acceptors (Lipinski definition) is 4. The number of aliphatic hydroxyl groups is 3. The van der Waals surface area contributed by atoms with Crippen LogP contribution in [0.5, 0.6) is 0 Å². The SMILES string of the molecule is CC1(C)[C@H](O)CC[C@]2(C)[C@@H]1CC[C@]13C[C@](C)([C@H](O)C[C@H]12)[C@@H](CO)O3. The minimum absolute atomic E-state index is 0.00756. The highest BCUT2D eigenvalue weighted by molar-refractivity contribution is 5.19. The summed E-state index contributed by atoms with van der Waals surface area (Å²) in [6.07, 6.45) is 4.64. The van der Waals surface area contributed by atoms with E-state index < -0.39 is 6.10 Å². The van der Waals surface area contributed by atoms with Crippen molar-refractivity contribution in [2.24, 2.45) is 28.1 Å². The molecule has 0 radical (unpaired) electrons. The molecule has 0 amide bonds. The molecule has 4 heteroatoms. The molecule has 24 heavy (non-hydrogen) atoms. The molecule has 4 fully saturated rings. The molecule has 0 aromatic heterocycles. The Hall–Kier alpha value is -0.160. The quantitative estimate of drug-likeness (QED) is 0.687. The van der Waals surface area contributed by atoms with E-state index in [2.05, 4.69) is 27.7 Å². The van der Waals surface area contributed by atoms with Crippen LogP contribution in [0.15, 0.2) is 0 Å². The molecular weight excluding hydrogens is 304 g/mol. The molecule has 4 nitrogen and oxygen atoms in total. The van der Waals surface area contributed by atoms with E-state index in [1.54, 1.807) is 0 Å². The van der Waals surface area contributed by atoms with Gasteiger partial charge in [-0.1, -0.05) is 27.7 Å². The third kappa shape index (κ3) is 1.89. The summed E-state index contributed by atoms with van der Waals surface area (Å²) < 4.78 is 6.54. The predicted octanol–water partition coefficient (Wildman–Crippen LogP) is 2.49. The van der Waals surface area contributed by atoms with Crippen molar-refractivity contribution >= 4 is 0 Å². The van der Waals surface area contributed by atoms with Crippen LogP contribution in [-0.4, -0.2) is 45.8 Å². The molecule has 8 atom stereocenters. The Morgan fingerprint density at radius 3 is 2.29 bits per heavy atom. The smallest absolute Gasteiger partial charge is 0.0892 e. The summed E-state index contributed by atoms with van der Waals surface area (Å²) in [5, 5.41) is 31.3. The Balaban J connectivity index is 1.75. The van der Waals surface area contributed by atoms with Crippen molar-refractivity contribution in [1.82, 2.24) is 0 Å². The molecule has 0 aromatic rings. The molecule has 1 saturated heterocycles. The second-order valence-electron chi connectivity index (χ2n) is 10.3. The van der Waals surface area contributed by atoms with Crippen LogP contribution < -0.4 is 0 Å². The Morgan fingerprint density at radius 1 is 0.917 bits per heavy atom. The largest absolute Gasteiger partial charge is 0.394 e. The lowest BCUT2D eigenvalue weighted by Gasteiger charge is -2.64. The summed E-state index contributed by atoms with van der Waals surface area (Å²) >= 11 is 0. The Kier molecular flexibility index (Phi) is 3.57. The van der Waals surface area contributed by atoms with Gasteiger partial charge in [0.15, 0.2) is 0 Å². The van der Waals surface area contributed by atoms with Crippen LogP contribution >= 0.6 is 0 Å². The molecule has 138 valence electrons. The fraction of sp³-hybridized carbons (Fsp3) is 1.00. The lowest BCUT2D eigenvalue weighted by molar-refractivity contribution is -0.219. The van der Waals surface area contributed by atoms with Gasteiger partial charge < -0.3 is 20.1 Å². The minimum atomic E-state index is -0.416. The van der Waals surface area contributed by atoms with E-state index in [9.17, 15) is 15.3 Å². The van der Waals surface area contributed by atoms with E-state index in [4.69, 9.17) is 4.74 Å². The third-order valence-corrected chi connectivity index (χ3v) is 8.98. The maximum atomic E-state index is 10.9. The van der Waals surface area contributed by atoms with Gasteiger partial charge in [-0.25, -0.2) is 0 Å². The fourth-order valence-corrected chi connectivity index (χ4v) is 7.48. The molecule has 0 unspecified atom stereocenters. The number of fused-ring (bicyclic) bond motifs is 3. The van der Waals surface area contributed by atoms with E-state index in [0.29, 0.717) is 11.8 Å². The molecular formula is C20H34O4. The van der Waals surface area contributed by atoms with E-state index in [0.717, 1.165) is 38.5 Å². The monoisotopic (exact) mass is 338 g/mol. The second-order valence-corrected chi connectivity index (χ2v) is 10.3. The minimum Gasteiger partial charge on any atom is -0.394 e. The van der Waals surface area contributed by atoms with Crippen LogP contribution in [0.4, 0.5) is 0 Å². The van der Waals surface area contributed by atoms with Gasteiger partial charge in [-0.2, -0.15) is 0 Å². The van der Waals surface area contributed by atoms with E-state index in [-0.39, 0.29) is 40.7 Å². The standard InChI is InChI=1S/C20H34O4/c1-17(2)12-5-8-20-11-19(4,16(10-21)24-20)15(23)9-13(20)18(12,3)7-6-14(17)22/h12-16,21-23H,5-11H2,1-4H3/t12-,13+,14-,15-,16-,18-,19-,20+/m1/s1. The Morgan fingerprint density at radius 2 is 1.62 bits per heavy atom. The van der Waals surface area contributed by atoms with Crippen LogP contribution in [0, 0.1) is 28.1 Å². The number of ether oxygens (including phenoxy) is 1. The first-order chi connectivity index (χ1) is 11.1. The summed E-state index contributed by atoms with van der Waals surface area (Å²) in [6.45, 7) is 8.89. The van der Waals surface area contributed by atoms with Gasteiger partial charge in [0.2, 0.25) is 0 Å². The first kappa shape index (κ1) is 17.3. The van der Waals surface area contributed by atoms with Crippen molar-refractivity contribution in [2.45, 2.75) is 90.1 Å². The number of aliphatic hydroxyl groups excluding tert-OH is 3. The van der Waals surface area contributed by atoms with Crippen molar-refractivity contribution in [2.75, 3.05) is 6.61 Å². The molecule has 1 spiro atoms. The van der Waals surface area contributed by atoms with Gasteiger partial charge in [-0.15, -0.1) is 0 Å². The Bertz CT molecular complexity index is 534. The van der Waals surface area contributed by atoms with Crippen LogP contribution in [0.25, 0.3) is 0 Å². The highest BCUT2D eigenvalue weighted by Gasteiger charge is 2.70. The van der Waals surface area contributed by atoms with Crippen LogP contribution in [-0.2, 0) is 4.74 Å². The maximum absolute atomic E-state index is 10.9. The van der Waals surface area contributed by atoms with Crippen molar-refractivity contribution in [3.05, 3.63) is 0 Å². The first-order valence-electron chi connectivity index (χ1n) is 9.75. The van der Waals surface area contributed by atoms with Gasteiger partial charge in [0, 0.05) is 5.41 Å². The maximum Gasteiger partial charge on any atom is 0.0892 e. The predicted molar refractivity (Wildman–Crippen MR) is 91.4 cm³/mol. The molecule has 4 rings (SSSR count). The summed E-state index contributed by atoms with van der Waals surface area (Å²) in [7, 11) is 0. The topological polar surface area (TPSA) is 69.9 Å². The average Bonchev–Trinajstić information content (AvgIpc) is 2.76. The highest BCUT2D eigenvalue weighted by Crippen LogP contribution is 2.70. The molecule has 4 aliphatic rings. The summed E-state index contributed by atoms with van der Waals surface area (Å²) in [5.74, 6) is 0.771.